The molecular formula is C18H27NO2. The number of nitrogens with zero attached hydrogens (tertiary/aromatic N) is 1. The fourth-order valence-electron chi connectivity index (χ4n) is 2.08. The Labute approximate surface area is 128 Å². The van der Waals surface area contributed by atoms with E-state index < -0.39 is 0 Å². The van der Waals surface area contributed by atoms with E-state index in [1.54, 1.807) is 0 Å². The summed E-state index contributed by atoms with van der Waals surface area (Å²) < 4.78 is 5.78. The molecule has 3 nitrogen and oxygen atoms in total. The number of hydrogen-bond donors (Lipinski definition) is 1. The number of hydrogen-bond acceptors (Lipinski definition) is 3. The van der Waals surface area contributed by atoms with Gasteiger partial charge in [0.1, 0.15) is 12.4 Å². The zero-order valence-corrected chi connectivity index (χ0v) is 13.4. The van der Waals surface area contributed by atoms with Crippen molar-refractivity contribution in [3.8, 4) is 17.6 Å². The number of ether oxygens (including phenoxy) is 1. The first-order valence-corrected chi connectivity index (χ1v) is 7.77. The fraction of sp³-hybridized carbons (Fsp3) is 0.556. The van der Waals surface area contributed by atoms with E-state index in [-0.39, 0.29) is 6.61 Å². The van der Waals surface area contributed by atoms with Crippen molar-refractivity contribution in [2.75, 3.05) is 26.3 Å². The van der Waals surface area contributed by atoms with Crippen LogP contribution in [0.1, 0.15) is 39.2 Å². The van der Waals surface area contributed by atoms with Crippen molar-refractivity contribution in [2.45, 2.75) is 39.7 Å². The summed E-state index contributed by atoms with van der Waals surface area (Å²) in [5, 5.41) is 8.68. The minimum atomic E-state index is 0.109. The Balaban J connectivity index is 2.41. The van der Waals surface area contributed by atoms with Gasteiger partial charge in [-0.25, -0.2) is 0 Å². The maximum Gasteiger partial charge on any atom is 0.119 e. The molecule has 0 radical (unpaired) electrons. The smallest absolute Gasteiger partial charge is 0.119 e. The molecule has 0 fully saturated rings. The molecule has 0 aliphatic rings. The highest BCUT2D eigenvalue weighted by Crippen LogP contribution is 2.12. The molecule has 0 aliphatic heterocycles. The van der Waals surface area contributed by atoms with E-state index in [1.165, 1.54) is 0 Å². The molecular weight excluding hydrogens is 262 g/mol. The summed E-state index contributed by atoms with van der Waals surface area (Å²) in [6.07, 6.45) is 1.68. The van der Waals surface area contributed by atoms with Crippen LogP contribution < -0.4 is 4.74 Å². The number of aliphatic hydroxyl groups is 1. The van der Waals surface area contributed by atoms with Gasteiger partial charge in [-0.1, -0.05) is 25.7 Å². The average Bonchev–Trinajstić information content (AvgIpc) is 2.52. The fourth-order valence-corrected chi connectivity index (χ4v) is 2.08. The SMILES string of the molecule is CCC(C)N(CC)CCOc1ccc(C#CCCO)cc1. The van der Waals surface area contributed by atoms with Crippen molar-refractivity contribution in [3.63, 3.8) is 0 Å². The topological polar surface area (TPSA) is 32.7 Å². The molecule has 116 valence electrons. The minimum absolute atomic E-state index is 0.109. The van der Waals surface area contributed by atoms with Crippen molar-refractivity contribution in [3.05, 3.63) is 29.8 Å². The molecule has 0 heterocycles. The van der Waals surface area contributed by atoms with Gasteiger partial charge in [-0.05, 0) is 44.2 Å². The van der Waals surface area contributed by atoms with Crippen LogP contribution in [0.2, 0.25) is 0 Å². The maximum absolute atomic E-state index is 8.68. The van der Waals surface area contributed by atoms with Crippen LogP contribution in [-0.4, -0.2) is 42.4 Å². The summed E-state index contributed by atoms with van der Waals surface area (Å²) >= 11 is 0. The molecule has 1 aromatic carbocycles. The van der Waals surface area contributed by atoms with Crippen LogP contribution in [0, 0.1) is 11.8 Å². The maximum atomic E-state index is 8.68. The van der Waals surface area contributed by atoms with E-state index in [1.807, 2.05) is 24.3 Å². The summed E-state index contributed by atoms with van der Waals surface area (Å²) in [5.41, 5.74) is 0.950. The molecule has 1 N–H and O–H groups in total. The first-order valence-electron chi connectivity index (χ1n) is 7.77. The zero-order chi connectivity index (χ0) is 15.5. The van der Waals surface area contributed by atoms with E-state index >= 15 is 0 Å². The molecule has 0 amide bonds. The highest BCUT2D eigenvalue weighted by molar-refractivity contribution is 5.38. The number of aliphatic hydroxyl groups excluding tert-OH is 1. The predicted octanol–water partition coefficient (Wildman–Crippen LogP) is 2.92. The summed E-state index contributed by atoms with van der Waals surface area (Å²) in [4.78, 5) is 2.43. The molecule has 0 saturated heterocycles. The van der Waals surface area contributed by atoms with Gasteiger partial charge in [-0.2, -0.15) is 0 Å². The Kier molecular flexibility index (Phi) is 8.57. The van der Waals surface area contributed by atoms with Gasteiger partial charge in [0.15, 0.2) is 0 Å². The van der Waals surface area contributed by atoms with Crippen molar-refractivity contribution >= 4 is 0 Å². The molecule has 1 aromatic rings. The van der Waals surface area contributed by atoms with Crippen LogP contribution in [0.4, 0.5) is 0 Å². The van der Waals surface area contributed by atoms with Gasteiger partial charge in [0.05, 0.1) is 6.61 Å². The van der Waals surface area contributed by atoms with Gasteiger partial charge >= 0.3 is 0 Å². The van der Waals surface area contributed by atoms with Gasteiger partial charge < -0.3 is 9.84 Å². The summed E-state index contributed by atoms with van der Waals surface area (Å²) in [6, 6.07) is 8.39. The third-order valence-electron chi connectivity index (χ3n) is 3.59. The number of benzene rings is 1. The van der Waals surface area contributed by atoms with Gasteiger partial charge in [0.25, 0.3) is 0 Å². The lowest BCUT2D eigenvalue weighted by atomic mass is 10.2. The Hall–Kier alpha value is -1.50. The monoisotopic (exact) mass is 289 g/mol. The Morgan fingerprint density at radius 3 is 2.52 bits per heavy atom. The lowest BCUT2D eigenvalue weighted by molar-refractivity contribution is 0.171. The molecule has 1 unspecified atom stereocenters. The second-order valence-electron chi connectivity index (χ2n) is 5.03. The predicted molar refractivity (Wildman–Crippen MR) is 87.5 cm³/mol. The number of rotatable bonds is 8. The van der Waals surface area contributed by atoms with E-state index in [0.29, 0.717) is 19.1 Å². The third-order valence-corrected chi connectivity index (χ3v) is 3.59. The minimum Gasteiger partial charge on any atom is -0.492 e. The molecule has 0 spiro atoms. The highest BCUT2D eigenvalue weighted by atomic mass is 16.5. The molecule has 0 aliphatic carbocycles. The summed E-state index contributed by atoms with van der Waals surface area (Å²) in [7, 11) is 0. The van der Waals surface area contributed by atoms with Crippen LogP contribution in [0.25, 0.3) is 0 Å². The second-order valence-corrected chi connectivity index (χ2v) is 5.03. The quantitative estimate of drug-likeness (QED) is 0.747. The van der Waals surface area contributed by atoms with Gasteiger partial charge in [0.2, 0.25) is 0 Å². The molecule has 21 heavy (non-hydrogen) atoms. The molecule has 0 saturated carbocycles. The van der Waals surface area contributed by atoms with Crippen LogP contribution in [0.15, 0.2) is 24.3 Å². The van der Waals surface area contributed by atoms with E-state index in [2.05, 4.69) is 37.5 Å². The molecule has 1 atom stereocenters. The number of likely N-dealkylation sites (N-methyl/N-ethyl adjacent to an activating group) is 1. The van der Waals surface area contributed by atoms with Gasteiger partial charge in [0, 0.05) is 24.6 Å². The normalized spacial score (nSPS) is 11.9. The first kappa shape index (κ1) is 17.6. The molecule has 0 bridgehead atoms. The summed E-state index contributed by atoms with van der Waals surface area (Å²) in [6.45, 7) is 9.47. The standard InChI is InChI=1S/C18H27NO2/c1-4-16(3)19(5-2)13-15-21-18-11-9-17(10-12-18)8-6-7-14-20/h9-12,16,20H,4-5,7,13-15H2,1-3H3. The molecule has 3 heteroatoms. The molecule has 0 aromatic heterocycles. The van der Waals surface area contributed by atoms with Crippen molar-refractivity contribution < 1.29 is 9.84 Å². The second kappa shape index (κ2) is 10.3. The van der Waals surface area contributed by atoms with E-state index in [4.69, 9.17) is 9.84 Å². The van der Waals surface area contributed by atoms with Gasteiger partial charge in [-0.15, -0.1) is 0 Å². The van der Waals surface area contributed by atoms with Crippen LogP contribution in [-0.2, 0) is 0 Å². The average molecular weight is 289 g/mol. The Morgan fingerprint density at radius 2 is 1.95 bits per heavy atom. The van der Waals surface area contributed by atoms with Gasteiger partial charge in [-0.3, -0.25) is 4.90 Å². The first-order chi connectivity index (χ1) is 10.2. The highest BCUT2D eigenvalue weighted by Gasteiger charge is 2.09. The van der Waals surface area contributed by atoms with Crippen molar-refractivity contribution in [1.82, 2.24) is 4.90 Å². The third kappa shape index (κ3) is 6.66. The lowest BCUT2D eigenvalue weighted by Gasteiger charge is -2.26. The van der Waals surface area contributed by atoms with Crippen molar-refractivity contribution in [2.24, 2.45) is 0 Å². The van der Waals surface area contributed by atoms with Crippen LogP contribution in [0.5, 0.6) is 5.75 Å². The molecule has 1 rings (SSSR count). The van der Waals surface area contributed by atoms with Crippen LogP contribution in [0.3, 0.4) is 0 Å². The van der Waals surface area contributed by atoms with E-state index in [9.17, 15) is 0 Å². The Morgan fingerprint density at radius 1 is 1.24 bits per heavy atom. The van der Waals surface area contributed by atoms with Crippen molar-refractivity contribution in [1.29, 1.82) is 0 Å². The zero-order valence-electron chi connectivity index (χ0n) is 13.4. The summed E-state index contributed by atoms with van der Waals surface area (Å²) in [5.74, 6) is 6.79. The lowest BCUT2D eigenvalue weighted by Crippen LogP contribution is -2.35. The Bertz CT molecular complexity index is 445. The van der Waals surface area contributed by atoms with E-state index in [0.717, 1.165) is 30.8 Å². The van der Waals surface area contributed by atoms with Crippen LogP contribution >= 0.6 is 0 Å². The largest absolute Gasteiger partial charge is 0.492 e.